The minimum absolute atomic E-state index is 0.00993. The summed E-state index contributed by atoms with van der Waals surface area (Å²) in [5.74, 6) is -0.00993. The average Bonchev–Trinajstić information content (AvgIpc) is 2.80. The summed E-state index contributed by atoms with van der Waals surface area (Å²) in [6.45, 7) is 5.56. The minimum Gasteiger partial charge on any atom is -0.362 e. The van der Waals surface area contributed by atoms with Crippen LogP contribution in [0.4, 0.5) is 0 Å². The van der Waals surface area contributed by atoms with Gasteiger partial charge >= 0.3 is 0 Å². The number of nitrogens with one attached hydrogen (secondary N) is 1. The molecule has 0 aromatic carbocycles. The van der Waals surface area contributed by atoms with Crippen molar-refractivity contribution in [3.8, 4) is 0 Å². The number of carbonyl (C=O) groups excluding carboxylic acids is 1. The summed E-state index contributed by atoms with van der Waals surface area (Å²) in [7, 11) is 0. The summed E-state index contributed by atoms with van der Waals surface area (Å²) < 4.78 is 5.75. The zero-order chi connectivity index (χ0) is 13.3. The van der Waals surface area contributed by atoms with Gasteiger partial charge in [-0.25, -0.2) is 0 Å². The Kier molecular flexibility index (Phi) is 3.24. The highest BCUT2D eigenvalue weighted by Gasteiger charge is 2.42. The van der Waals surface area contributed by atoms with Gasteiger partial charge in [0.15, 0.2) is 0 Å². The number of carbonyl (C=O) groups is 1. The van der Waals surface area contributed by atoms with Gasteiger partial charge in [-0.05, 0) is 25.0 Å². The Bertz CT molecular complexity index is 462. The molecule has 0 aliphatic carbocycles. The van der Waals surface area contributed by atoms with Crippen LogP contribution in [0.1, 0.15) is 17.7 Å². The SMILES string of the molecule is Cc1ccc(CN2CCC3(CNC(=O)CO3)C2)nc1. The highest BCUT2D eigenvalue weighted by atomic mass is 16.5. The predicted octanol–water partition coefficient (Wildman–Crippen LogP) is 0.481. The van der Waals surface area contributed by atoms with E-state index in [0.717, 1.165) is 31.7 Å². The van der Waals surface area contributed by atoms with Crippen molar-refractivity contribution in [3.63, 3.8) is 0 Å². The normalized spacial score (nSPS) is 27.7. The molecule has 1 spiro atoms. The zero-order valence-electron chi connectivity index (χ0n) is 11.2. The molecule has 19 heavy (non-hydrogen) atoms. The van der Waals surface area contributed by atoms with Crippen LogP contribution in [-0.2, 0) is 16.1 Å². The average molecular weight is 261 g/mol. The number of pyridine rings is 1. The van der Waals surface area contributed by atoms with Crippen molar-refractivity contribution in [2.24, 2.45) is 0 Å². The molecule has 5 heteroatoms. The molecule has 1 aromatic rings. The van der Waals surface area contributed by atoms with Gasteiger partial charge in [0, 0.05) is 32.4 Å². The summed E-state index contributed by atoms with van der Waals surface area (Å²) in [6, 6.07) is 4.16. The van der Waals surface area contributed by atoms with E-state index in [1.165, 1.54) is 5.56 Å². The van der Waals surface area contributed by atoms with E-state index in [-0.39, 0.29) is 18.1 Å². The molecule has 2 aliphatic rings. The maximum absolute atomic E-state index is 11.1. The van der Waals surface area contributed by atoms with Crippen LogP contribution in [0.25, 0.3) is 0 Å². The van der Waals surface area contributed by atoms with Gasteiger partial charge in [0.1, 0.15) is 6.61 Å². The third kappa shape index (κ3) is 2.77. The number of ether oxygens (including phenoxy) is 1. The van der Waals surface area contributed by atoms with Crippen LogP contribution in [0.3, 0.4) is 0 Å². The van der Waals surface area contributed by atoms with Crippen molar-refractivity contribution in [2.75, 3.05) is 26.2 Å². The van der Waals surface area contributed by atoms with Gasteiger partial charge in [0.2, 0.25) is 5.91 Å². The number of morpholine rings is 1. The van der Waals surface area contributed by atoms with Crippen LogP contribution in [-0.4, -0.2) is 47.6 Å². The van der Waals surface area contributed by atoms with Crippen molar-refractivity contribution in [1.29, 1.82) is 0 Å². The number of rotatable bonds is 2. The quantitative estimate of drug-likeness (QED) is 0.841. The summed E-state index contributed by atoms with van der Waals surface area (Å²) >= 11 is 0. The highest BCUT2D eigenvalue weighted by molar-refractivity contribution is 5.78. The zero-order valence-corrected chi connectivity index (χ0v) is 11.2. The first-order valence-corrected chi connectivity index (χ1v) is 6.70. The van der Waals surface area contributed by atoms with Crippen LogP contribution in [0.2, 0.25) is 0 Å². The molecule has 3 heterocycles. The lowest BCUT2D eigenvalue weighted by atomic mass is 10.0. The van der Waals surface area contributed by atoms with Gasteiger partial charge in [-0.15, -0.1) is 0 Å². The van der Waals surface area contributed by atoms with Gasteiger partial charge in [-0.3, -0.25) is 14.7 Å². The van der Waals surface area contributed by atoms with E-state index in [9.17, 15) is 4.79 Å². The van der Waals surface area contributed by atoms with Gasteiger partial charge in [-0.2, -0.15) is 0 Å². The van der Waals surface area contributed by atoms with E-state index >= 15 is 0 Å². The van der Waals surface area contributed by atoms with E-state index < -0.39 is 0 Å². The van der Waals surface area contributed by atoms with Crippen LogP contribution >= 0.6 is 0 Å². The van der Waals surface area contributed by atoms with Crippen LogP contribution in [0.15, 0.2) is 18.3 Å². The van der Waals surface area contributed by atoms with Crippen molar-refractivity contribution in [2.45, 2.75) is 25.5 Å². The topological polar surface area (TPSA) is 54.5 Å². The number of aromatic nitrogens is 1. The number of nitrogens with zero attached hydrogens (tertiary/aromatic N) is 2. The third-order valence-corrected chi connectivity index (χ3v) is 3.87. The largest absolute Gasteiger partial charge is 0.362 e. The molecule has 1 amide bonds. The van der Waals surface area contributed by atoms with Crippen molar-refractivity contribution < 1.29 is 9.53 Å². The fourth-order valence-electron chi connectivity index (χ4n) is 2.73. The molecule has 3 rings (SSSR count). The molecule has 1 N–H and O–H groups in total. The smallest absolute Gasteiger partial charge is 0.246 e. The lowest BCUT2D eigenvalue weighted by Gasteiger charge is -2.33. The van der Waals surface area contributed by atoms with E-state index in [2.05, 4.69) is 27.3 Å². The molecule has 1 aromatic heterocycles. The summed E-state index contributed by atoms with van der Waals surface area (Å²) in [4.78, 5) is 17.9. The number of hydrogen-bond donors (Lipinski definition) is 1. The van der Waals surface area contributed by atoms with E-state index in [1.54, 1.807) is 0 Å². The molecule has 2 aliphatic heterocycles. The fraction of sp³-hybridized carbons (Fsp3) is 0.571. The Balaban J connectivity index is 1.60. The molecule has 2 saturated heterocycles. The number of aryl methyl sites for hydroxylation is 1. The first-order valence-electron chi connectivity index (χ1n) is 6.70. The fourth-order valence-corrected chi connectivity index (χ4v) is 2.73. The lowest BCUT2D eigenvalue weighted by Crippen LogP contribution is -2.53. The second kappa shape index (κ2) is 4.90. The Labute approximate surface area is 113 Å². The molecule has 102 valence electrons. The Morgan fingerprint density at radius 2 is 2.42 bits per heavy atom. The van der Waals surface area contributed by atoms with Gasteiger partial charge < -0.3 is 10.1 Å². The minimum atomic E-state index is -0.182. The molecule has 0 saturated carbocycles. The number of likely N-dealkylation sites (tertiary alicyclic amines) is 1. The second-order valence-corrected chi connectivity index (χ2v) is 5.54. The molecule has 1 atom stereocenters. The molecular formula is C14H19N3O2. The number of hydrogen-bond acceptors (Lipinski definition) is 4. The Morgan fingerprint density at radius 3 is 3.11 bits per heavy atom. The number of amides is 1. The molecule has 1 unspecified atom stereocenters. The summed E-state index contributed by atoms with van der Waals surface area (Å²) in [5, 5.41) is 2.90. The van der Waals surface area contributed by atoms with Gasteiger partial charge in [0.25, 0.3) is 0 Å². The lowest BCUT2D eigenvalue weighted by molar-refractivity contribution is -0.142. The molecule has 2 fully saturated rings. The van der Waals surface area contributed by atoms with E-state index in [0.29, 0.717) is 6.54 Å². The Morgan fingerprint density at radius 1 is 1.53 bits per heavy atom. The van der Waals surface area contributed by atoms with E-state index in [4.69, 9.17) is 4.74 Å². The van der Waals surface area contributed by atoms with Crippen molar-refractivity contribution >= 4 is 5.91 Å². The first kappa shape index (κ1) is 12.6. The predicted molar refractivity (Wildman–Crippen MR) is 70.6 cm³/mol. The van der Waals surface area contributed by atoms with Crippen molar-refractivity contribution in [1.82, 2.24) is 15.2 Å². The van der Waals surface area contributed by atoms with Crippen LogP contribution < -0.4 is 5.32 Å². The van der Waals surface area contributed by atoms with Gasteiger partial charge in [-0.1, -0.05) is 6.07 Å². The maximum atomic E-state index is 11.1. The molecular weight excluding hydrogens is 242 g/mol. The van der Waals surface area contributed by atoms with Gasteiger partial charge in [0.05, 0.1) is 11.3 Å². The maximum Gasteiger partial charge on any atom is 0.246 e. The third-order valence-electron chi connectivity index (χ3n) is 3.87. The van der Waals surface area contributed by atoms with Crippen molar-refractivity contribution in [3.05, 3.63) is 29.6 Å². The van der Waals surface area contributed by atoms with E-state index in [1.807, 2.05) is 13.1 Å². The Hall–Kier alpha value is -1.46. The highest BCUT2D eigenvalue weighted by Crippen LogP contribution is 2.27. The van der Waals surface area contributed by atoms with Crippen LogP contribution in [0.5, 0.6) is 0 Å². The second-order valence-electron chi connectivity index (χ2n) is 5.54. The molecule has 5 nitrogen and oxygen atoms in total. The monoisotopic (exact) mass is 261 g/mol. The standard InChI is InChI=1S/C14H19N3O2/c1-11-2-3-12(15-6-11)7-17-5-4-14(10-17)9-16-13(18)8-19-14/h2-3,6H,4-5,7-10H2,1H3,(H,16,18). The summed E-state index contributed by atoms with van der Waals surface area (Å²) in [5.41, 5.74) is 2.08. The van der Waals surface area contributed by atoms with Crippen LogP contribution in [0, 0.1) is 6.92 Å². The first-order chi connectivity index (χ1) is 9.15. The summed E-state index contributed by atoms with van der Waals surface area (Å²) in [6.07, 6.45) is 2.87. The molecule has 0 radical (unpaired) electrons. The molecule has 0 bridgehead atoms.